The second-order valence-electron chi connectivity index (χ2n) is 5.76. The molecule has 0 spiro atoms. The average Bonchev–Trinajstić information content (AvgIpc) is 2.47. The number of halogens is 2. The van der Waals surface area contributed by atoms with Gasteiger partial charge >= 0.3 is 0 Å². The van der Waals surface area contributed by atoms with Crippen molar-refractivity contribution in [3.63, 3.8) is 0 Å². The summed E-state index contributed by atoms with van der Waals surface area (Å²) in [4.78, 5) is 0. The van der Waals surface area contributed by atoms with Gasteiger partial charge in [0.15, 0.2) is 0 Å². The third kappa shape index (κ3) is 3.19. The van der Waals surface area contributed by atoms with Crippen LogP contribution in [0.25, 0.3) is 0 Å². The summed E-state index contributed by atoms with van der Waals surface area (Å²) in [7, 11) is 0. The fraction of sp³-hybridized carbons (Fsp3) is 0.333. The van der Waals surface area contributed by atoms with Crippen molar-refractivity contribution in [1.82, 2.24) is 5.32 Å². The number of rotatable bonds is 2. The van der Waals surface area contributed by atoms with Crippen LogP contribution in [0.4, 0.5) is 4.39 Å². The van der Waals surface area contributed by atoms with E-state index in [0.29, 0.717) is 11.8 Å². The maximum absolute atomic E-state index is 13.4. The van der Waals surface area contributed by atoms with Gasteiger partial charge < -0.3 is 5.32 Å². The molecule has 1 aliphatic heterocycles. The molecule has 1 heterocycles. The third-order valence-corrected chi connectivity index (χ3v) is 4.88. The number of piperidine rings is 1. The normalized spacial score (nSPS) is 22.2. The van der Waals surface area contributed by atoms with Crippen molar-refractivity contribution in [1.29, 1.82) is 0 Å². The largest absolute Gasteiger partial charge is 0.316 e. The fourth-order valence-electron chi connectivity index (χ4n) is 3.37. The van der Waals surface area contributed by atoms with Gasteiger partial charge in [0.05, 0.1) is 0 Å². The quantitative estimate of drug-likeness (QED) is 0.825. The summed E-state index contributed by atoms with van der Waals surface area (Å²) in [6, 6.07) is 13.7. The highest BCUT2D eigenvalue weighted by atomic mass is 79.9. The summed E-state index contributed by atoms with van der Waals surface area (Å²) >= 11 is 3.56. The minimum atomic E-state index is -0.149. The van der Waals surface area contributed by atoms with Crippen LogP contribution in [0.3, 0.4) is 0 Å². The molecule has 0 radical (unpaired) electrons. The van der Waals surface area contributed by atoms with E-state index in [-0.39, 0.29) is 5.82 Å². The van der Waals surface area contributed by atoms with Crippen LogP contribution in [0.5, 0.6) is 0 Å². The molecule has 21 heavy (non-hydrogen) atoms. The maximum Gasteiger partial charge on any atom is 0.123 e. The molecule has 0 saturated carbocycles. The summed E-state index contributed by atoms with van der Waals surface area (Å²) in [5, 5.41) is 3.49. The van der Waals surface area contributed by atoms with Gasteiger partial charge in [0, 0.05) is 16.9 Å². The van der Waals surface area contributed by atoms with Gasteiger partial charge in [-0.3, -0.25) is 0 Å². The molecular formula is C18H19BrFN. The van der Waals surface area contributed by atoms with Crippen LogP contribution in [0.15, 0.2) is 46.9 Å². The highest BCUT2D eigenvalue weighted by molar-refractivity contribution is 9.10. The van der Waals surface area contributed by atoms with Crippen molar-refractivity contribution >= 4 is 15.9 Å². The van der Waals surface area contributed by atoms with Gasteiger partial charge in [0.2, 0.25) is 0 Å². The van der Waals surface area contributed by atoms with E-state index in [9.17, 15) is 4.39 Å². The molecule has 2 unspecified atom stereocenters. The van der Waals surface area contributed by atoms with Gasteiger partial charge in [-0.2, -0.15) is 0 Å². The van der Waals surface area contributed by atoms with Crippen LogP contribution in [-0.4, -0.2) is 13.1 Å². The predicted molar refractivity (Wildman–Crippen MR) is 88.2 cm³/mol. The van der Waals surface area contributed by atoms with Gasteiger partial charge in [-0.15, -0.1) is 0 Å². The molecule has 1 N–H and O–H groups in total. The van der Waals surface area contributed by atoms with E-state index in [1.807, 2.05) is 13.0 Å². The van der Waals surface area contributed by atoms with Crippen molar-refractivity contribution in [3.8, 4) is 0 Å². The molecule has 0 aliphatic carbocycles. The lowest BCUT2D eigenvalue weighted by molar-refractivity contribution is 0.402. The van der Waals surface area contributed by atoms with E-state index in [0.717, 1.165) is 29.5 Å². The molecule has 1 saturated heterocycles. The second-order valence-corrected chi connectivity index (χ2v) is 6.68. The molecule has 2 aromatic rings. The molecule has 2 atom stereocenters. The second kappa shape index (κ2) is 6.29. The Labute approximate surface area is 133 Å². The number of hydrogen-bond acceptors (Lipinski definition) is 1. The zero-order valence-electron chi connectivity index (χ0n) is 12.1. The third-order valence-electron chi connectivity index (χ3n) is 4.39. The smallest absolute Gasteiger partial charge is 0.123 e. The summed E-state index contributed by atoms with van der Waals surface area (Å²) in [6.07, 6.45) is 1.09. The molecule has 0 bridgehead atoms. The summed E-state index contributed by atoms with van der Waals surface area (Å²) in [5.41, 5.74) is 3.68. The van der Waals surface area contributed by atoms with Crippen LogP contribution < -0.4 is 5.32 Å². The van der Waals surface area contributed by atoms with Crippen molar-refractivity contribution < 1.29 is 4.39 Å². The Balaban J connectivity index is 1.98. The number of hydrogen-bond donors (Lipinski definition) is 1. The summed E-state index contributed by atoms with van der Waals surface area (Å²) in [5.74, 6) is 0.728. The van der Waals surface area contributed by atoms with Gasteiger partial charge in [0.1, 0.15) is 5.82 Å². The molecule has 1 aliphatic rings. The Morgan fingerprint density at radius 3 is 2.76 bits per heavy atom. The van der Waals surface area contributed by atoms with Gasteiger partial charge in [-0.05, 0) is 66.8 Å². The molecule has 2 aromatic carbocycles. The van der Waals surface area contributed by atoms with E-state index in [4.69, 9.17) is 0 Å². The highest BCUT2D eigenvalue weighted by Gasteiger charge is 2.28. The lowest BCUT2D eigenvalue weighted by atomic mass is 9.76. The SMILES string of the molecule is Cc1cc(F)ccc1C1CCNCC1c1cccc(Br)c1. The molecular weight excluding hydrogens is 329 g/mol. The van der Waals surface area contributed by atoms with Gasteiger partial charge in [-0.25, -0.2) is 4.39 Å². The molecule has 3 heteroatoms. The first-order valence-electron chi connectivity index (χ1n) is 7.37. The van der Waals surface area contributed by atoms with Gasteiger partial charge in [0.25, 0.3) is 0 Å². The van der Waals surface area contributed by atoms with Crippen molar-refractivity contribution in [2.45, 2.75) is 25.2 Å². The van der Waals surface area contributed by atoms with Crippen LogP contribution in [0, 0.1) is 12.7 Å². The highest BCUT2D eigenvalue weighted by Crippen LogP contribution is 2.39. The van der Waals surface area contributed by atoms with E-state index in [2.05, 4.69) is 45.5 Å². The molecule has 0 amide bonds. The lowest BCUT2D eigenvalue weighted by Crippen LogP contribution is -2.34. The topological polar surface area (TPSA) is 12.0 Å². The van der Waals surface area contributed by atoms with Crippen LogP contribution >= 0.6 is 15.9 Å². The predicted octanol–water partition coefficient (Wildman–Crippen LogP) is 4.76. The molecule has 0 aromatic heterocycles. The molecule has 1 fully saturated rings. The van der Waals surface area contributed by atoms with Crippen molar-refractivity contribution in [2.24, 2.45) is 0 Å². The van der Waals surface area contributed by atoms with Crippen molar-refractivity contribution in [2.75, 3.05) is 13.1 Å². The Kier molecular flexibility index (Phi) is 4.41. The Bertz CT molecular complexity index is 641. The van der Waals surface area contributed by atoms with Crippen molar-refractivity contribution in [3.05, 3.63) is 69.4 Å². The number of nitrogens with one attached hydrogen (secondary N) is 1. The van der Waals surface area contributed by atoms with Crippen LogP contribution in [0.2, 0.25) is 0 Å². The first kappa shape index (κ1) is 14.7. The minimum absolute atomic E-state index is 0.149. The monoisotopic (exact) mass is 347 g/mol. The van der Waals surface area contributed by atoms with Gasteiger partial charge in [-0.1, -0.05) is 34.1 Å². The molecule has 1 nitrogen and oxygen atoms in total. The van der Waals surface area contributed by atoms with E-state index < -0.39 is 0 Å². The Morgan fingerprint density at radius 2 is 2.00 bits per heavy atom. The summed E-state index contributed by atoms with van der Waals surface area (Å²) in [6.45, 7) is 4.00. The lowest BCUT2D eigenvalue weighted by Gasteiger charge is -2.34. The van der Waals surface area contributed by atoms with E-state index in [1.54, 1.807) is 12.1 Å². The average molecular weight is 348 g/mol. The maximum atomic E-state index is 13.4. The van der Waals surface area contributed by atoms with E-state index in [1.165, 1.54) is 11.1 Å². The first-order chi connectivity index (χ1) is 10.1. The van der Waals surface area contributed by atoms with E-state index >= 15 is 0 Å². The fourth-order valence-corrected chi connectivity index (χ4v) is 3.79. The Hall–Kier alpha value is -1.19. The standard InChI is InChI=1S/C18H19BrFN/c1-12-9-15(20)5-6-16(12)17-7-8-21-11-18(17)13-3-2-4-14(19)10-13/h2-6,9-10,17-18,21H,7-8,11H2,1H3. The van der Waals surface area contributed by atoms with Crippen LogP contribution in [0.1, 0.15) is 34.9 Å². The zero-order chi connectivity index (χ0) is 14.8. The first-order valence-corrected chi connectivity index (χ1v) is 8.16. The number of benzene rings is 2. The number of aryl methyl sites for hydroxylation is 1. The Morgan fingerprint density at radius 1 is 1.14 bits per heavy atom. The minimum Gasteiger partial charge on any atom is -0.316 e. The molecule has 110 valence electrons. The summed E-state index contributed by atoms with van der Waals surface area (Å²) < 4.78 is 14.5. The van der Waals surface area contributed by atoms with Crippen LogP contribution in [-0.2, 0) is 0 Å². The zero-order valence-corrected chi connectivity index (χ0v) is 13.7. The molecule has 3 rings (SSSR count).